The summed E-state index contributed by atoms with van der Waals surface area (Å²) in [4.78, 5) is 24.3. The minimum Gasteiger partial charge on any atom is -0.370 e. The number of nitrogens with one attached hydrogen (secondary N) is 1. The first-order valence-electron chi connectivity index (χ1n) is 6.41. The number of carbonyl (C=O) groups excluding carboxylic acids is 2. The molecule has 1 fully saturated rings. The van der Waals surface area contributed by atoms with Gasteiger partial charge in [-0.15, -0.1) is 0 Å². The standard InChI is InChI=1S/C12H23N3O2/c1-10(12(17)15-8-4-5-9-15)14-7-3-2-6-11(13)16/h10,14H,2-9H2,1H3,(H2,13,16). The Morgan fingerprint density at radius 1 is 1.29 bits per heavy atom. The van der Waals surface area contributed by atoms with Crippen LogP contribution in [0, 0.1) is 0 Å². The number of amides is 2. The molecule has 0 aromatic heterocycles. The Kier molecular flexibility index (Phi) is 5.97. The van der Waals surface area contributed by atoms with Crippen LogP contribution < -0.4 is 11.1 Å². The molecule has 1 aliphatic rings. The molecule has 2 amide bonds. The molecule has 0 aromatic rings. The van der Waals surface area contributed by atoms with Gasteiger partial charge >= 0.3 is 0 Å². The van der Waals surface area contributed by atoms with E-state index < -0.39 is 0 Å². The summed E-state index contributed by atoms with van der Waals surface area (Å²) in [6.07, 6.45) is 4.33. The Morgan fingerprint density at radius 3 is 2.53 bits per heavy atom. The van der Waals surface area contributed by atoms with Crippen LogP contribution in [0.5, 0.6) is 0 Å². The van der Waals surface area contributed by atoms with Crippen molar-refractivity contribution in [3.8, 4) is 0 Å². The number of rotatable bonds is 7. The van der Waals surface area contributed by atoms with Crippen molar-refractivity contribution in [1.29, 1.82) is 0 Å². The molecule has 0 radical (unpaired) electrons. The predicted molar refractivity (Wildman–Crippen MR) is 66.3 cm³/mol. The number of hydrogen-bond donors (Lipinski definition) is 2. The van der Waals surface area contributed by atoms with Gasteiger partial charge in [0.2, 0.25) is 11.8 Å². The maximum Gasteiger partial charge on any atom is 0.239 e. The fraction of sp³-hybridized carbons (Fsp3) is 0.833. The van der Waals surface area contributed by atoms with Crippen molar-refractivity contribution < 1.29 is 9.59 Å². The lowest BCUT2D eigenvalue weighted by atomic mass is 10.2. The highest BCUT2D eigenvalue weighted by atomic mass is 16.2. The molecule has 3 N–H and O–H groups in total. The first-order valence-corrected chi connectivity index (χ1v) is 6.41. The number of hydrogen-bond acceptors (Lipinski definition) is 3. The fourth-order valence-electron chi connectivity index (χ4n) is 2.04. The largest absolute Gasteiger partial charge is 0.370 e. The molecular weight excluding hydrogens is 218 g/mol. The third-order valence-electron chi connectivity index (χ3n) is 3.09. The number of nitrogens with zero attached hydrogens (tertiary/aromatic N) is 1. The molecule has 0 bridgehead atoms. The highest BCUT2D eigenvalue weighted by Crippen LogP contribution is 2.08. The molecular formula is C12H23N3O2. The second-order valence-electron chi connectivity index (χ2n) is 4.63. The van der Waals surface area contributed by atoms with E-state index >= 15 is 0 Å². The predicted octanol–water partition coefficient (Wildman–Crippen LogP) is 0.243. The second-order valence-corrected chi connectivity index (χ2v) is 4.63. The Balaban J connectivity index is 2.09. The van der Waals surface area contributed by atoms with Crippen molar-refractivity contribution in [2.24, 2.45) is 5.73 Å². The van der Waals surface area contributed by atoms with Crippen molar-refractivity contribution in [3.63, 3.8) is 0 Å². The lowest BCUT2D eigenvalue weighted by Crippen LogP contribution is -2.43. The quantitative estimate of drug-likeness (QED) is 0.627. The monoisotopic (exact) mass is 241 g/mol. The molecule has 1 saturated heterocycles. The van der Waals surface area contributed by atoms with Crippen molar-refractivity contribution in [1.82, 2.24) is 10.2 Å². The molecule has 5 nitrogen and oxygen atoms in total. The van der Waals surface area contributed by atoms with E-state index in [1.54, 1.807) is 0 Å². The van der Waals surface area contributed by atoms with Crippen LogP contribution in [-0.2, 0) is 9.59 Å². The van der Waals surface area contributed by atoms with E-state index in [1.807, 2.05) is 11.8 Å². The van der Waals surface area contributed by atoms with Gasteiger partial charge in [0.05, 0.1) is 6.04 Å². The Bertz CT molecular complexity index is 262. The first-order chi connectivity index (χ1) is 8.11. The second kappa shape index (κ2) is 7.27. The smallest absolute Gasteiger partial charge is 0.239 e. The minimum absolute atomic E-state index is 0.123. The van der Waals surface area contributed by atoms with Crippen LogP contribution in [-0.4, -0.2) is 42.4 Å². The van der Waals surface area contributed by atoms with Gasteiger partial charge in [-0.1, -0.05) is 0 Å². The average Bonchev–Trinajstić information content (AvgIpc) is 2.80. The molecule has 1 atom stereocenters. The zero-order chi connectivity index (χ0) is 12.7. The van der Waals surface area contributed by atoms with E-state index in [1.165, 1.54) is 0 Å². The van der Waals surface area contributed by atoms with Crippen LogP contribution in [0.3, 0.4) is 0 Å². The van der Waals surface area contributed by atoms with Crippen LogP contribution >= 0.6 is 0 Å². The summed E-state index contributed by atoms with van der Waals surface area (Å²) >= 11 is 0. The molecule has 0 aliphatic carbocycles. The zero-order valence-electron chi connectivity index (χ0n) is 10.6. The lowest BCUT2D eigenvalue weighted by Gasteiger charge is -2.21. The normalized spacial score (nSPS) is 17.1. The summed E-state index contributed by atoms with van der Waals surface area (Å²) in [6, 6.07) is -0.123. The third kappa shape index (κ3) is 5.17. The molecule has 0 aromatic carbocycles. The van der Waals surface area contributed by atoms with E-state index in [9.17, 15) is 9.59 Å². The molecule has 0 spiro atoms. The molecule has 1 aliphatic heterocycles. The van der Waals surface area contributed by atoms with Crippen LogP contribution in [0.15, 0.2) is 0 Å². The molecule has 1 heterocycles. The highest BCUT2D eigenvalue weighted by molar-refractivity contribution is 5.81. The number of unbranched alkanes of at least 4 members (excludes halogenated alkanes) is 1. The van der Waals surface area contributed by atoms with Gasteiger partial charge in [0, 0.05) is 19.5 Å². The summed E-state index contributed by atoms with van der Waals surface area (Å²) in [5.74, 6) is -0.0661. The maximum atomic E-state index is 11.9. The molecule has 0 saturated carbocycles. The summed E-state index contributed by atoms with van der Waals surface area (Å²) in [6.45, 7) is 4.45. The minimum atomic E-state index is -0.258. The Hall–Kier alpha value is -1.10. The van der Waals surface area contributed by atoms with Gasteiger partial charge in [-0.05, 0) is 39.2 Å². The number of nitrogens with two attached hydrogens (primary N) is 1. The van der Waals surface area contributed by atoms with Gasteiger partial charge in [0.25, 0.3) is 0 Å². The fourth-order valence-corrected chi connectivity index (χ4v) is 2.04. The summed E-state index contributed by atoms with van der Waals surface area (Å²) in [5.41, 5.74) is 5.05. The van der Waals surface area contributed by atoms with E-state index in [0.717, 1.165) is 45.3 Å². The lowest BCUT2D eigenvalue weighted by molar-refractivity contribution is -0.132. The van der Waals surface area contributed by atoms with Gasteiger partial charge in [-0.2, -0.15) is 0 Å². The Labute approximate surface area is 103 Å². The molecule has 17 heavy (non-hydrogen) atoms. The van der Waals surface area contributed by atoms with Crippen molar-refractivity contribution >= 4 is 11.8 Å². The van der Waals surface area contributed by atoms with Crippen LogP contribution in [0.25, 0.3) is 0 Å². The van der Waals surface area contributed by atoms with Gasteiger partial charge < -0.3 is 16.0 Å². The third-order valence-corrected chi connectivity index (χ3v) is 3.09. The summed E-state index contributed by atoms with van der Waals surface area (Å²) in [5, 5.41) is 3.19. The first kappa shape index (κ1) is 14.0. The number of carbonyl (C=O) groups is 2. The molecule has 1 unspecified atom stereocenters. The van der Waals surface area contributed by atoms with E-state index in [2.05, 4.69) is 5.32 Å². The summed E-state index contributed by atoms with van der Waals surface area (Å²) < 4.78 is 0. The SMILES string of the molecule is CC(NCCCCC(N)=O)C(=O)N1CCCC1. The number of likely N-dealkylation sites (tertiary alicyclic amines) is 1. The van der Waals surface area contributed by atoms with E-state index in [0.29, 0.717) is 6.42 Å². The molecule has 98 valence electrons. The van der Waals surface area contributed by atoms with Crippen LogP contribution in [0.1, 0.15) is 39.0 Å². The van der Waals surface area contributed by atoms with Gasteiger partial charge in [-0.25, -0.2) is 0 Å². The van der Waals surface area contributed by atoms with E-state index in [-0.39, 0.29) is 17.9 Å². The van der Waals surface area contributed by atoms with Gasteiger partial charge in [-0.3, -0.25) is 9.59 Å². The molecule has 5 heteroatoms. The maximum absolute atomic E-state index is 11.9. The van der Waals surface area contributed by atoms with Crippen molar-refractivity contribution in [2.45, 2.75) is 45.1 Å². The zero-order valence-corrected chi connectivity index (χ0v) is 10.6. The van der Waals surface area contributed by atoms with E-state index in [4.69, 9.17) is 5.73 Å². The van der Waals surface area contributed by atoms with Gasteiger partial charge in [0.15, 0.2) is 0 Å². The van der Waals surface area contributed by atoms with Gasteiger partial charge in [0.1, 0.15) is 0 Å². The summed E-state index contributed by atoms with van der Waals surface area (Å²) in [7, 11) is 0. The average molecular weight is 241 g/mol. The topological polar surface area (TPSA) is 75.4 Å². The highest BCUT2D eigenvalue weighted by Gasteiger charge is 2.22. The van der Waals surface area contributed by atoms with Crippen LogP contribution in [0.2, 0.25) is 0 Å². The number of primary amides is 1. The molecule has 1 rings (SSSR count). The Morgan fingerprint density at radius 2 is 1.94 bits per heavy atom. The van der Waals surface area contributed by atoms with Crippen molar-refractivity contribution in [3.05, 3.63) is 0 Å². The van der Waals surface area contributed by atoms with Crippen LogP contribution in [0.4, 0.5) is 0 Å². The van der Waals surface area contributed by atoms with Crippen molar-refractivity contribution in [2.75, 3.05) is 19.6 Å².